The van der Waals surface area contributed by atoms with Gasteiger partial charge in [0.05, 0.1) is 28.6 Å². The lowest BCUT2D eigenvalue weighted by atomic mass is 9.94. The van der Waals surface area contributed by atoms with Gasteiger partial charge in [0.15, 0.2) is 0 Å². The largest absolute Gasteiger partial charge is 0.332 e. The molecule has 5 aromatic rings. The number of hydrogen-bond donors (Lipinski definition) is 0. The maximum atomic E-state index is 14.4. The zero-order valence-electron chi connectivity index (χ0n) is 24.2. The number of benzene rings is 4. The Hall–Kier alpha value is -4.51. The van der Waals surface area contributed by atoms with Crippen molar-refractivity contribution in [1.82, 2.24) is 14.5 Å². The van der Waals surface area contributed by atoms with E-state index in [-0.39, 0.29) is 17.4 Å². The van der Waals surface area contributed by atoms with Crippen LogP contribution in [0.25, 0.3) is 16.6 Å². The first kappa shape index (κ1) is 28.0. The number of aromatic nitrogens is 2. The quantitative estimate of drug-likeness (QED) is 0.196. The highest BCUT2D eigenvalue weighted by atomic mass is 16.2. The van der Waals surface area contributed by atoms with Crippen molar-refractivity contribution in [3.05, 3.63) is 142 Å². The Labute approximate surface area is 242 Å². The minimum absolute atomic E-state index is 0.0381. The van der Waals surface area contributed by atoms with Crippen LogP contribution in [0, 0.1) is 13.8 Å². The molecule has 0 radical (unpaired) electrons. The molecule has 0 aliphatic carbocycles. The van der Waals surface area contributed by atoms with Gasteiger partial charge >= 0.3 is 0 Å². The summed E-state index contributed by atoms with van der Waals surface area (Å²) in [7, 11) is 0. The second-order valence-electron chi connectivity index (χ2n) is 10.7. The SMILES string of the molecule is CCC(C(=O)N(CCc1ccccc1)C(C)c1nc2ccccc2c(=O)n1-c1ccc(C)c(C)c1)c1ccccc1. The third-order valence-electron chi connectivity index (χ3n) is 8.07. The van der Waals surface area contributed by atoms with Gasteiger partial charge in [0.25, 0.3) is 5.56 Å². The average Bonchev–Trinajstić information content (AvgIpc) is 3.00. The molecule has 0 saturated carbocycles. The van der Waals surface area contributed by atoms with Crippen LogP contribution in [0.3, 0.4) is 0 Å². The summed E-state index contributed by atoms with van der Waals surface area (Å²) in [6, 6.07) is 33.2. The van der Waals surface area contributed by atoms with Crippen LogP contribution in [0.2, 0.25) is 0 Å². The Morgan fingerprint density at radius 1 is 0.854 bits per heavy atom. The third-order valence-corrected chi connectivity index (χ3v) is 8.07. The zero-order chi connectivity index (χ0) is 28.9. The molecule has 0 aliphatic heterocycles. The van der Waals surface area contributed by atoms with Gasteiger partial charge in [-0.15, -0.1) is 0 Å². The second-order valence-corrected chi connectivity index (χ2v) is 10.7. The third kappa shape index (κ3) is 5.85. The predicted octanol–water partition coefficient (Wildman–Crippen LogP) is 7.33. The molecule has 0 aliphatic rings. The number of aryl methyl sites for hydroxylation is 2. The molecule has 5 heteroatoms. The topological polar surface area (TPSA) is 55.2 Å². The minimum Gasteiger partial charge on any atom is -0.332 e. The number of carbonyl (C=O) groups excluding carboxylic acids is 1. The Bertz CT molecular complexity index is 1710. The van der Waals surface area contributed by atoms with E-state index < -0.39 is 6.04 Å². The van der Waals surface area contributed by atoms with Crippen molar-refractivity contribution in [3.63, 3.8) is 0 Å². The van der Waals surface area contributed by atoms with Crippen LogP contribution in [-0.2, 0) is 11.2 Å². The normalized spacial score (nSPS) is 12.7. The van der Waals surface area contributed by atoms with E-state index in [2.05, 4.69) is 26.0 Å². The molecular formula is C36H37N3O2. The number of amides is 1. The molecule has 2 unspecified atom stereocenters. The van der Waals surface area contributed by atoms with Crippen LogP contribution >= 0.6 is 0 Å². The van der Waals surface area contributed by atoms with Crippen molar-refractivity contribution in [2.45, 2.75) is 52.5 Å². The molecule has 0 bridgehead atoms. The average molecular weight is 544 g/mol. The molecule has 5 rings (SSSR count). The second kappa shape index (κ2) is 12.3. The molecular weight excluding hydrogens is 506 g/mol. The molecule has 41 heavy (non-hydrogen) atoms. The van der Waals surface area contributed by atoms with E-state index in [0.717, 1.165) is 27.9 Å². The lowest BCUT2D eigenvalue weighted by molar-refractivity contribution is -0.135. The van der Waals surface area contributed by atoms with E-state index in [0.29, 0.717) is 36.1 Å². The summed E-state index contributed by atoms with van der Waals surface area (Å²) >= 11 is 0. The predicted molar refractivity (Wildman–Crippen MR) is 167 cm³/mol. The Balaban J connectivity index is 1.66. The molecule has 1 amide bonds. The summed E-state index contributed by atoms with van der Waals surface area (Å²) in [6.07, 6.45) is 1.37. The molecule has 1 aromatic heterocycles. The molecule has 5 nitrogen and oxygen atoms in total. The smallest absolute Gasteiger partial charge is 0.266 e. The molecule has 0 saturated heterocycles. The Kier molecular flexibility index (Phi) is 8.44. The van der Waals surface area contributed by atoms with Crippen molar-refractivity contribution >= 4 is 16.8 Å². The van der Waals surface area contributed by atoms with Gasteiger partial charge < -0.3 is 4.90 Å². The van der Waals surface area contributed by atoms with Crippen LogP contribution in [0.15, 0.2) is 108 Å². The van der Waals surface area contributed by atoms with Crippen LogP contribution in [0.1, 0.15) is 60.3 Å². The summed E-state index contributed by atoms with van der Waals surface area (Å²) in [6.45, 7) is 8.65. The molecule has 208 valence electrons. The van der Waals surface area contributed by atoms with Gasteiger partial charge in [-0.3, -0.25) is 14.2 Å². The fourth-order valence-electron chi connectivity index (χ4n) is 5.51. The van der Waals surface area contributed by atoms with Gasteiger partial charge in [-0.2, -0.15) is 0 Å². The Morgan fingerprint density at radius 2 is 1.51 bits per heavy atom. The van der Waals surface area contributed by atoms with Gasteiger partial charge in [-0.05, 0) is 80.1 Å². The zero-order valence-corrected chi connectivity index (χ0v) is 24.2. The highest BCUT2D eigenvalue weighted by Gasteiger charge is 2.31. The van der Waals surface area contributed by atoms with E-state index in [1.807, 2.05) is 110 Å². The Morgan fingerprint density at radius 3 is 2.20 bits per heavy atom. The molecule has 0 spiro atoms. The number of carbonyl (C=O) groups is 1. The molecule has 2 atom stereocenters. The number of rotatable bonds is 9. The van der Waals surface area contributed by atoms with Gasteiger partial charge in [0, 0.05) is 6.54 Å². The standard InChI is InChI=1S/C36H37N3O2/c1-5-31(29-16-10-7-11-17-29)35(40)38(23-22-28-14-8-6-9-15-28)27(4)34-37-33-19-13-12-18-32(33)36(41)39(34)30-21-20-25(2)26(3)24-30/h6-21,24,27,31H,5,22-23H2,1-4H3. The maximum absolute atomic E-state index is 14.4. The van der Waals surface area contributed by atoms with Crippen molar-refractivity contribution in [2.24, 2.45) is 0 Å². The van der Waals surface area contributed by atoms with Crippen LogP contribution in [-0.4, -0.2) is 26.9 Å². The fourth-order valence-corrected chi connectivity index (χ4v) is 5.51. The summed E-state index contributed by atoms with van der Waals surface area (Å²) in [5.74, 6) is 0.300. The van der Waals surface area contributed by atoms with Gasteiger partial charge in [-0.1, -0.05) is 85.8 Å². The monoisotopic (exact) mass is 543 g/mol. The maximum Gasteiger partial charge on any atom is 0.266 e. The van der Waals surface area contributed by atoms with Crippen molar-refractivity contribution < 1.29 is 4.79 Å². The van der Waals surface area contributed by atoms with Crippen molar-refractivity contribution in [2.75, 3.05) is 6.54 Å². The summed E-state index contributed by atoms with van der Waals surface area (Å²) in [5, 5.41) is 0.555. The van der Waals surface area contributed by atoms with Crippen LogP contribution < -0.4 is 5.56 Å². The van der Waals surface area contributed by atoms with E-state index in [1.54, 1.807) is 4.57 Å². The number of hydrogen-bond acceptors (Lipinski definition) is 3. The van der Waals surface area contributed by atoms with E-state index in [4.69, 9.17) is 4.98 Å². The fraction of sp³-hybridized carbons (Fsp3) is 0.250. The van der Waals surface area contributed by atoms with E-state index in [1.165, 1.54) is 0 Å². The lowest BCUT2D eigenvalue weighted by Gasteiger charge is -2.33. The van der Waals surface area contributed by atoms with E-state index in [9.17, 15) is 9.59 Å². The highest BCUT2D eigenvalue weighted by Crippen LogP contribution is 2.29. The van der Waals surface area contributed by atoms with Gasteiger partial charge in [0.1, 0.15) is 5.82 Å². The minimum atomic E-state index is -0.456. The van der Waals surface area contributed by atoms with Gasteiger partial charge in [-0.25, -0.2) is 4.98 Å². The first-order chi connectivity index (χ1) is 19.9. The highest BCUT2D eigenvalue weighted by molar-refractivity contribution is 5.84. The summed E-state index contributed by atoms with van der Waals surface area (Å²) in [4.78, 5) is 35.4. The molecule has 1 heterocycles. The molecule has 4 aromatic carbocycles. The van der Waals surface area contributed by atoms with Crippen LogP contribution in [0.5, 0.6) is 0 Å². The molecule has 0 N–H and O–H groups in total. The van der Waals surface area contributed by atoms with Crippen LogP contribution in [0.4, 0.5) is 0 Å². The van der Waals surface area contributed by atoms with E-state index >= 15 is 0 Å². The van der Waals surface area contributed by atoms with Crippen molar-refractivity contribution in [1.29, 1.82) is 0 Å². The van der Waals surface area contributed by atoms with Crippen molar-refractivity contribution in [3.8, 4) is 5.69 Å². The molecule has 0 fully saturated rings. The number of nitrogens with zero attached hydrogens (tertiary/aromatic N) is 3. The first-order valence-electron chi connectivity index (χ1n) is 14.4. The summed E-state index contributed by atoms with van der Waals surface area (Å²) < 4.78 is 1.70. The summed E-state index contributed by atoms with van der Waals surface area (Å²) in [5.41, 5.74) is 5.64. The van der Waals surface area contributed by atoms with Gasteiger partial charge in [0.2, 0.25) is 5.91 Å². The first-order valence-corrected chi connectivity index (χ1v) is 14.4. The lowest BCUT2D eigenvalue weighted by Crippen LogP contribution is -2.41. The number of fused-ring (bicyclic) bond motifs is 1. The number of para-hydroxylation sites is 1.